The van der Waals surface area contributed by atoms with E-state index in [1.54, 1.807) is 35.7 Å². The van der Waals surface area contributed by atoms with Gasteiger partial charge in [-0.2, -0.15) is 5.10 Å². The number of fused-ring (bicyclic) bond motifs is 3. The number of aromatic nitrogens is 5. The first-order valence-electron chi connectivity index (χ1n) is 10.6. The van der Waals surface area contributed by atoms with Crippen LogP contribution in [-0.2, 0) is 9.53 Å². The van der Waals surface area contributed by atoms with Gasteiger partial charge in [0.2, 0.25) is 5.91 Å². The number of benzene rings is 2. The van der Waals surface area contributed by atoms with E-state index in [2.05, 4.69) is 20.6 Å². The SMILES string of the molecule is CCOC(=O)c1ccccc1NC(=O)CSc1nnc2c3cc(-c4ccccc4)nn3ccn12. The summed E-state index contributed by atoms with van der Waals surface area (Å²) in [4.78, 5) is 24.7. The van der Waals surface area contributed by atoms with Crippen molar-refractivity contribution in [2.24, 2.45) is 0 Å². The number of anilines is 1. The number of nitrogens with one attached hydrogen (secondary N) is 1. The van der Waals surface area contributed by atoms with Crippen LogP contribution in [0.2, 0.25) is 0 Å². The van der Waals surface area contributed by atoms with Gasteiger partial charge in [-0.15, -0.1) is 10.2 Å². The molecule has 0 aliphatic heterocycles. The molecule has 0 radical (unpaired) electrons. The lowest BCUT2D eigenvalue weighted by molar-refractivity contribution is -0.113. The minimum atomic E-state index is -0.478. The van der Waals surface area contributed by atoms with Crippen LogP contribution in [0.5, 0.6) is 0 Å². The number of esters is 1. The van der Waals surface area contributed by atoms with Crippen molar-refractivity contribution in [2.45, 2.75) is 12.1 Å². The molecule has 0 atom stereocenters. The van der Waals surface area contributed by atoms with E-state index >= 15 is 0 Å². The molecule has 34 heavy (non-hydrogen) atoms. The number of carbonyl (C=O) groups is 2. The third-order valence-corrected chi connectivity index (χ3v) is 6.03. The van der Waals surface area contributed by atoms with E-state index in [1.165, 1.54) is 11.8 Å². The Morgan fingerprint density at radius 3 is 2.65 bits per heavy atom. The van der Waals surface area contributed by atoms with Crippen molar-refractivity contribution >= 4 is 40.5 Å². The maximum atomic E-state index is 12.6. The Hall–Kier alpha value is -4.18. The summed E-state index contributed by atoms with van der Waals surface area (Å²) in [6, 6.07) is 18.6. The summed E-state index contributed by atoms with van der Waals surface area (Å²) >= 11 is 1.25. The van der Waals surface area contributed by atoms with Gasteiger partial charge in [0, 0.05) is 18.0 Å². The van der Waals surface area contributed by atoms with Crippen LogP contribution in [0.15, 0.2) is 78.2 Å². The maximum absolute atomic E-state index is 12.6. The van der Waals surface area contributed by atoms with Crippen LogP contribution in [0.1, 0.15) is 17.3 Å². The molecule has 5 aromatic rings. The predicted molar refractivity (Wildman–Crippen MR) is 129 cm³/mol. The van der Waals surface area contributed by atoms with E-state index in [0.717, 1.165) is 16.8 Å². The number of thioether (sulfide) groups is 1. The number of carbonyl (C=O) groups excluding carboxylic acids is 2. The van der Waals surface area contributed by atoms with Gasteiger partial charge in [0.05, 0.1) is 29.3 Å². The Labute approximate surface area is 198 Å². The summed E-state index contributed by atoms with van der Waals surface area (Å²) in [5.41, 5.74) is 4.03. The van der Waals surface area contributed by atoms with Crippen LogP contribution >= 0.6 is 11.8 Å². The molecule has 3 heterocycles. The summed E-state index contributed by atoms with van der Waals surface area (Å²) in [5.74, 6) is -0.651. The van der Waals surface area contributed by atoms with Gasteiger partial charge in [-0.25, -0.2) is 9.31 Å². The highest BCUT2D eigenvalue weighted by molar-refractivity contribution is 7.99. The van der Waals surface area contributed by atoms with E-state index in [9.17, 15) is 9.59 Å². The summed E-state index contributed by atoms with van der Waals surface area (Å²) in [6.07, 6.45) is 3.65. The number of hydrogen-bond acceptors (Lipinski definition) is 7. The third-order valence-electron chi connectivity index (χ3n) is 5.08. The fourth-order valence-electron chi connectivity index (χ4n) is 3.53. The summed E-state index contributed by atoms with van der Waals surface area (Å²) in [7, 11) is 0. The molecule has 10 heteroatoms. The van der Waals surface area contributed by atoms with Crippen LogP contribution < -0.4 is 5.32 Å². The van der Waals surface area contributed by atoms with Crippen LogP contribution in [0.25, 0.3) is 22.4 Å². The van der Waals surface area contributed by atoms with Crippen LogP contribution in [0, 0.1) is 0 Å². The van der Waals surface area contributed by atoms with Crippen molar-refractivity contribution in [3.05, 3.63) is 78.6 Å². The Kier molecular flexibility index (Phi) is 5.96. The molecule has 0 saturated carbocycles. The smallest absolute Gasteiger partial charge is 0.340 e. The highest BCUT2D eigenvalue weighted by Gasteiger charge is 2.16. The second-order valence-corrected chi connectivity index (χ2v) is 8.25. The molecule has 0 bridgehead atoms. The summed E-state index contributed by atoms with van der Waals surface area (Å²) in [5, 5.41) is 16.6. The summed E-state index contributed by atoms with van der Waals surface area (Å²) < 4.78 is 8.65. The van der Waals surface area contributed by atoms with Crippen molar-refractivity contribution in [3.8, 4) is 11.3 Å². The van der Waals surface area contributed by atoms with Gasteiger partial charge >= 0.3 is 5.97 Å². The molecule has 0 spiro atoms. The Morgan fingerprint density at radius 2 is 1.82 bits per heavy atom. The Morgan fingerprint density at radius 1 is 1.03 bits per heavy atom. The molecule has 0 unspecified atom stereocenters. The van der Waals surface area contributed by atoms with Crippen molar-refractivity contribution < 1.29 is 14.3 Å². The first-order valence-corrected chi connectivity index (χ1v) is 11.6. The molecule has 0 fully saturated rings. The van der Waals surface area contributed by atoms with Gasteiger partial charge in [-0.1, -0.05) is 54.2 Å². The van der Waals surface area contributed by atoms with E-state index in [1.807, 2.05) is 53.2 Å². The minimum absolute atomic E-state index is 0.0949. The monoisotopic (exact) mass is 472 g/mol. The standard InChI is InChI=1S/C24H20N6O3S/c1-2-33-23(32)17-10-6-7-11-18(17)25-21(31)15-34-24-27-26-22-20-14-19(16-8-4-3-5-9-16)28-30(20)13-12-29(22)24/h3-14H,2,15H2,1H3,(H,25,31). The normalized spacial score (nSPS) is 11.1. The summed E-state index contributed by atoms with van der Waals surface area (Å²) in [6.45, 7) is 1.99. The number of nitrogens with zero attached hydrogens (tertiary/aromatic N) is 5. The van der Waals surface area contributed by atoms with Crippen molar-refractivity contribution in [1.82, 2.24) is 24.2 Å². The first kappa shape index (κ1) is 21.7. The van der Waals surface area contributed by atoms with E-state index < -0.39 is 5.97 Å². The molecule has 3 aromatic heterocycles. The quantitative estimate of drug-likeness (QED) is 0.283. The van der Waals surface area contributed by atoms with Crippen LogP contribution in [0.3, 0.4) is 0 Å². The maximum Gasteiger partial charge on any atom is 0.340 e. The lowest BCUT2D eigenvalue weighted by atomic mass is 10.1. The number of rotatable bonds is 7. The highest BCUT2D eigenvalue weighted by Crippen LogP contribution is 2.24. The van der Waals surface area contributed by atoms with Gasteiger partial charge in [-0.3, -0.25) is 9.20 Å². The van der Waals surface area contributed by atoms with Crippen molar-refractivity contribution in [2.75, 3.05) is 17.7 Å². The molecule has 1 amide bonds. The average Bonchev–Trinajstić information content (AvgIpc) is 3.48. The van der Waals surface area contributed by atoms with Gasteiger partial charge < -0.3 is 10.1 Å². The molecule has 5 rings (SSSR count). The van der Waals surface area contributed by atoms with Gasteiger partial charge in [0.25, 0.3) is 0 Å². The molecular formula is C24H20N6O3S. The first-order chi connectivity index (χ1) is 16.6. The number of para-hydroxylation sites is 1. The fourth-order valence-corrected chi connectivity index (χ4v) is 4.25. The lowest BCUT2D eigenvalue weighted by Gasteiger charge is -2.10. The lowest BCUT2D eigenvalue weighted by Crippen LogP contribution is -2.17. The minimum Gasteiger partial charge on any atom is -0.462 e. The molecule has 1 N–H and O–H groups in total. The molecule has 0 aliphatic rings. The fraction of sp³-hybridized carbons (Fsp3) is 0.125. The van der Waals surface area contributed by atoms with E-state index in [0.29, 0.717) is 22.1 Å². The highest BCUT2D eigenvalue weighted by atomic mass is 32.2. The zero-order valence-corrected chi connectivity index (χ0v) is 19.0. The van der Waals surface area contributed by atoms with E-state index in [-0.39, 0.29) is 18.3 Å². The topological polar surface area (TPSA) is 103 Å². The Bertz CT molecular complexity index is 1490. The second kappa shape index (κ2) is 9.36. The van der Waals surface area contributed by atoms with Gasteiger partial charge in [0.15, 0.2) is 10.8 Å². The van der Waals surface area contributed by atoms with Crippen LogP contribution in [0.4, 0.5) is 5.69 Å². The zero-order chi connectivity index (χ0) is 23.5. The number of amides is 1. The molecule has 0 aliphatic carbocycles. The largest absolute Gasteiger partial charge is 0.462 e. The molecule has 170 valence electrons. The zero-order valence-electron chi connectivity index (χ0n) is 18.2. The van der Waals surface area contributed by atoms with Crippen molar-refractivity contribution in [1.29, 1.82) is 0 Å². The molecule has 2 aromatic carbocycles. The second-order valence-electron chi connectivity index (χ2n) is 7.30. The Balaban J connectivity index is 1.33. The molecular weight excluding hydrogens is 452 g/mol. The van der Waals surface area contributed by atoms with Crippen LogP contribution in [-0.4, -0.2) is 48.4 Å². The third kappa shape index (κ3) is 4.23. The average molecular weight is 473 g/mol. The van der Waals surface area contributed by atoms with Gasteiger partial charge in [-0.05, 0) is 25.1 Å². The van der Waals surface area contributed by atoms with E-state index in [4.69, 9.17) is 4.74 Å². The predicted octanol–water partition coefficient (Wildman–Crippen LogP) is 3.95. The number of ether oxygens (including phenoxy) is 1. The van der Waals surface area contributed by atoms with Crippen molar-refractivity contribution in [3.63, 3.8) is 0 Å². The molecule has 0 saturated heterocycles. The number of hydrogen-bond donors (Lipinski definition) is 1. The molecule has 9 nitrogen and oxygen atoms in total. The van der Waals surface area contributed by atoms with Gasteiger partial charge in [0.1, 0.15) is 5.52 Å².